The fourth-order valence-corrected chi connectivity index (χ4v) is 11.4. The molecule has 0 radical (unpaired) electrons. The summed E-state index contributed by atoms with van der Waals surface area (Å²) in [4.78, 5) is 8.01. The van der Waals surface area contributed by atoms with E-state index < -0.39 is 46.6 Å². The monoisotopic (exact) mass is 620 g/mol. The number of fused-ring (bicyclic) bond motifs is 2. The molecule has 0 aliphatic rings. The summed E-state index contributed by atoms with van der Waals surface area (Å²) < 4.78 is 97.6. The van der Waals surface area contributed by atoms with Crippen LogP contribution >= 0.6 is 0 Å². The first-order chi connectivity index (χ1) is 19.5. The van der Waals surface area contributed by atoms with Gasteiger partial charge in [0.2, 0.25) is 0 Å². The molecule has 0 unspecified atom stereocenters. The van der Waals surface area contributed by atoms with E-state index in [-0.39, 0.29) is 38.8 Å². The Kier molecular flexibility index (Phi) is 8.41. The van der Waals surface area contributed by atoms with Crippen LogP contribution in [0.3, 0.4) is 0 Å². The van der Waals surface area contributed by atoms with Gasteiger partial charge in [-0.05, 0) is 28.1 Å². The lowest BCUT2D eigenvalue weighted by molar-refractivity contribution is -0.0499. The van der Waals surface area contributed by atoms with Gasteiger partial charge in [0.15, 0.2) is 11.6 Å². The normalized spacial score (nSPS) is 12.8. The number of hydrogen-bond acceptors (Lipinski definition) is 5. The largest absolute Gasteiger partial charge is 0.534 e. The maximum atomic E-state index is 16.0. The van der Waals surface area contributed by atoms with Crippen LogP contribution in [-0.4, -0.2) is 32.0 Å². The summed E-state index contributed by atoms with van der Waals surface area (Å²) in [6, 6.07) is 8.61. The zero-order chi connectivity index (χ0) is 31.2. The van der Waals surface area contributed by atoms with Crippen LogP contribution in [0.25, 0.3) is 32.9 Å². The molecule has 0 fully saturated rings. The van der Waals surface area contributed by atoms with Crippen LogP contribution < -0.4 is 4.18 Å². The summed E-state index contributed by atoms with van der Waals surface area (Å²) >= 11 is 0. The molecular weight excluding hydrogens is 591 g/mol. The molecule has 0 bridgehead atoms. The lowest BCUT2D eigenvalue weighted by Gasteiger charge is -2.38. The molecule has 0 N–H and O–H groups in total. The maximum Gasteiger partial charge on any atom is 0.534 e. The van der Waals surface area contributed by atoms with Crippen LogP contribution in [-0.2, 0) is 10.1 Å². The van der Waals surface area contributed by atoms with Crippen molar-refractivity contribution in [1.29, 1.82) is 0 Å². The average Bonchev–Trinajstić information content (AvgIpc) is 2.89. The highest BCUT2D eigenvalue weighted by atomic mass is 32.2. The topological polar surface area (TPSA) is 69.2 Å². The highest BCUT2D eigenvalue weighted by Gasteiger charge is 2.49. The van der Waals surface area contributed by atoms with Gasteiger partial charge in [0, 0.05) is 29.4 Å². The van der Waals surface area contributed by atoms with Crippen LogP contribution in [0.4, 0.5) is 22.0 Å². The molecule has 0 spiro atoms. The van der Waals surface area contributed by atoms with E-state index in [2.05, 4.69) is 67.2 Å². The molecule has 222 valence electrons. The van der Waals surface area contributed by atoms with Gasteiger partial charge in [-0.25, -0.2) is 8.78 Å². The van der Waals surface area contributed by atoms with Crippen LogP contribution in [0.5, 0.6) is 5.75 Å². The molecule has 0 amide bonds. The Hall–Kier alpha value is -3.56. The summed E-state index contributed by atoms with van der Waals surface area (Å²) in [6.45, 7) is 12.8. The lowest BCUT2D eigenvalue weighted by Crippen LogP contribution is -2.43. The third-order valence-corrected chi connectivity index (χ3v) is 14.9. The van der Waals surface area contributed by atoms with Gasteiger partial charge in [-0.1, -0.05) is 71.7 Å². The van der Waals surface area contributed by atoms with Gasteiger partial charge < -0.3 is 4.18 Å². The Morgan fingerprint density at radius 2 is 1.55 bits per heavy atom. The van der Waals surface area contributed by atoms with Crippen molar-refractivity contribution in [3.63, 3.8) is 0 Å². The highest BCUT2D eigenvalue weighted by molar-refractivity contribution is 7.88. The van der Waals surface area contributed by atoms with E-state index in [1.807, 2.05) is 0 Å². The first-order valence-corrected chi connectivity index (χ1v) is 16.9. The second-order valence-electron chi connectivity index (χ2n) is 10.9. The summed E-state index contributed by atoms with van der Waals surface area (Å²) in [7, 11) is -8.30. The number of pyridine rings is 2. The van der Waals surface area contributed by atoms with Gasteiger partial charge in [0.1, 0.15) is 25.1 Å². The summed E-state index contributed by atoms with van der Waals surface area (Å²) in [5.41, 5.74) is -1.79. The molecule has 2 heterocycles. The zero-order valence-corrected chi connectivity index (χ0v) is 25.6. The van der Waals surface area contributed by atoms with Crippen molar-refractivity contribution < 1.29 is 34.6 Å². The zero-order valence-electron chi connectivity index (χ0n) is 23.8. The Labute approximate surface area is 242 Å². The molecule has 4 rings (SSSR count). The summed E-state index contributed by atoms with van der Waals surface area (Å²) in [5, 5.41) is 0.508. The van der Waals surface area contributed by atoms with E-state index >= 15 is 8.78 Å². The number of rotatable bonds is 6. The van der Waals surface area contributed by atoms with Crippen molar-refractivity contribution in [3.8, 4) is 28.5 Å². The van der Waals surface area contributed by atoms with Crippen molar-refractivity contribution in [1.82, 2.24) is 9.97 Å². The molecule has 0 saturated carbocycles. The Morgan fingerprint density at radius 3 is 2.14 bits per heavy atom. The van der Waals surface area contributed by atoms with Crippen molar-refractivity contribution in [2.24, 2.45) is 0 Å². The number of hydrogen-bond donors (Lipinski definition) is 0. The standard InChI is InChI=1S/C30H29F5N2O3SSi/c1-17(2)42(18(3)4,19(5)6)15-13-21-24(31)11-10-20-8-7-9-22(26(20)21)28-27(32)29-23(16-37-28)25(12-14-36-29)40-41(38,39)30(33,34)35/h7-12,14,16-19H,1-6H3. The minimum absolute atomic E-state index is 0.0875. The van der Waals surface area contributed by atoms with Crippen molar-refractivity contribution in [2.45, 2.75) is 63.7 Å². The molecule has 42 heavy (non-hydrogen) atoms. The number of alkyl halides is 3. The molecule has 5 nitrogen and oxygen atoms in total. The number of nitrogens with zero attached hydrogens (tertiary/aromatic N) is 2. The number of aromatic nitrogens is 2. The van der Waals surface area contributed by atoms with Crippen LogP contribution in [0.15, 0.2) is 48.8 Å². The third-order valence-electron chi connectivity index (χ3n) is 7.69. The smallest absolute Gasteiger partial charge is 0.375 e. The van der Waals surface area contributed by atoms with Gasteiger partial charge in [0.05, 0.1) is 10.9 Å². The number of halogens is 5. The third kappa shape index (κ3) is 5.36. The van der Waals surface area contributed by atoms with Gasteiger partial charge in [-0.2, -0.15) is 21.6 Å². The van der Waals surface area contributed by atoms with E-state index in [4.69, 9.17) is 0 Å². The SMILES string of the molecule is CC(C)[Si](C#Cc1c(F)ccc2cccc(-c3ncc4c(OS(=O)(=O)C(F)(F)F)ccnc4c3F)c12)(C(C)C)C(C)C. The number of benzene rings is 2. The molecule has 2 aromatic heterocycles. The van der Waals surface area contributed by atoms with Crippen LogP contribution in [0.1, 0.15) is 47.1 Å². The summed E-state index contributed by atoms with van der Waals surface area (Å²) in [6.07, 6.45) is 1.89. The predicted molar refractivity (Wildman–Crippen MR) is 156 cm³/mol. The Balaban J connectivity index is 1.98. The van der Waals surface area contributed by atoms with Crippen molar-refractivity contribution in [2.75, 3.05) is 0 Å². The average molecular weight is 621 g/mol. The first-order valence-electron chi connectivity index (χ1n) is 13.2. The van der Waals surface area contributed by atoms with Crippen LogP contribution in [0, 0.1) is 23.1 Å². The minimum atomic E-state index is -6.03. The van der Waals surface area contributed by atoms with E-state index in [1.54, 1.807) is 18.2 Å². The van der Waals surface area contributed by atoms with Crippen LogP contribution in [0.2, 0.25) is 16.6 Å². The van der Waals surface area contributed by atoms with Crippen molar-refractivity contribution in [3.05, 3.63) is 66.0 Å². The first kappa shape index (κ1) is 31.4. The molecule has 4 aromatic rings. The van der Waals surface area contributed by atoms with Crippen molar-refractivity contribution >= 4 is 39.9 Å². The molecule has 0 atom stereocenters. The van der Waals surface area contributed by atoms with Gasteiger partial charge >= 0.3 is 15.6 Å². The van der Waals surface area contributed by atoms with E-state index in [1.165, 1.54) is 12.1 Å². The quantitative estimate of drug-likeness (QED) is 0.0711. The van der Waals surface area contributed by atoms with E-state index in [0.717, 1.165) is 18.5 Å². The second kappa shape index (κ2) is 11.3. The maximum absolute atomic E-state index is 16.0. The molecule has 2 aromatic carbocycles. The lowest BCUT2D eigenvalue weighted by atomic mass is 9.96. The fourth-order valence-electron chi connectivity index (χ4n) is 5.76. The molecule has 12 heteroatoms. The fraction of sp³-hybridized carbons (Fsp3) is 0.333. The molecular formula is C30H29F5N2O3SSi. The van der Waals surface area contributed by atoms with E-state index in [0.29, 0.717) is 10.8 Å². The molecule has 0 aliphatic heterocycles. The minimum Gasteiger partial charge on any atom is -0.375 e. The summed E-state index contributed by atoms with van der Waals surface area (Å²) in [5.74, 6) is 0.709. The Bertz CT molecular complexity index is 1820. The molecule has 0 saturated heterocycles. The Morgan fingerprint density at radius 1 is 0.905 bits per heavy atom. The van der Waals surface area contributed by atoms with Gasteiger partial charge in [-0.3, -0.25) is 9.97 Å². The highest BCUT2D eigenvalue weighted by Crippen LogP contribution is 2.42. The predicted octanol–water partition coefficient (Wildman–Crippen LogP) is 8.53. The van der Waals surface area contributed by atoms with E-state index in [9.17, 15) is 21.6 Å². The van der Waals surface area contributed by atoms with Gasteiger partial charge in [-0.15, -0.1) is 5.54 Å². The molecule has 0 aliphatic carbocycles. The van der Waals surface area contributed by atoms with Gasteiger partial charge in [0.25, 0.3) is 0 Å². The second-order valence-corrected chi connectivity index (χ2v) is 18.1.